The van der Waals surface area contributed by atoms with Crippen LogP contribution in [0.25, 0.3) is 0 Å². The molecule has 19 heavy (non-hydrogen) atoms. The Morgan fingerprint density at radius 2 is 0.684 bits per heavy atom. The van der Waals surface area contributed by atoms with Crippen LogP contribution in [0.3, 0.4) is 0 Å². The molecule has 0 saturated carbocycles. The normalized spacial score (nSPS) is 11.1. The molecule has 1 radical (unpaired) electrons. The number of nitrogens with one attached hydrogen (secondary N) is 1. The third-order valence-corrected chi connectivity index (χ3v) is 4.03. The Hall–Kier alpha value is -0.0400. The summed E-state index contributed by atoms with van der Waals surface area (Å²) in [5.41, 5.74) is 7.08. The van der Waals surface area contributed by atoms with Crippen LogP contribution in [0, 0.1) is 0 Å². The quantitative estimate of drug-likeness (QED) is 0.284. The molecule has 0 aromatic carbocycles. The molecule has 1 heteroatoms. The first-order valence-corrected chi connectivity index (χ1v) is 9.06. The second kappa shape index (κ2) is 18.0. The Morgan fingerprint density at radius 3 is 0.947 bits per heavy atom. The summed E-state index contributed by atoms with van der Waals surface area (Å²) in [4.78, 5) is 0. The first-order valence-electron chi connectivity index (χ1n) is 9.06. The average molecular weight is 269 g/mol. The lowest BCUT2D eigenvalue weighted by Crippen LogP contribution is -1.86. The van der Waals surface area contributed by atoms with E-state index in [0.29, 0.717) is 6.54 Å². The van der Waals surface area contributed by atoms with Crippen LogP contribution in [-0.2, 0) is 0 Å². The van der Waals surface area contributed by atoms with Gasteiger partial charge in [0.1, 0.15) is 0 Å². The Labute approximate surface area is 122 Å². The predicted octanol–water partition coefficient (Wildman–Crippen LogP) is 6.53. The van der Waals surface area contributed by atoms with E-state index in [4.69, 9.17) is 5.73 Å². The van der Waals surface area contributed by atoms with Gasteiger partial charge in [-0.25, -0.2) is 0 Å². The molecule has 1 N–H and O–H groups in total. The average Bonchev–Trinajstić information content (AvgIpc) is 2.43. The molecule has 0 heterocycles. The fourth-order valence-corrected chi connectivity index (χ4v) is 2.67. The number of hydrogen-bond donors (Lipinski definition) is 0. The van der Waals surface area contributed by atoms with Gasteiger partial charge in [0.15, 0.2) is 0 Å². The van der Waals surface area contributed by atoms with Gasteiger partial charge in [-0.05, 0) is 6.42 Å². The van der Waals surface area contributed by atoms with Crippen molar-refractivity contribution in [2.75, 3.05) is 6.54 Å². The van der Waals surface area contributed by atoms with Gasteiger partial charge >= 0.3 is 0 Å². The molecule has 0 rings (SSSR count). The van der Waals surface area contributed by atoms with Gasteiger partial charge in [-0.1, -0.05) is 103 Å². The van der Waals surface area contributed by atoms with Gasteiger partial charge in [0.2, 0.25) is 0 Å². The van der Waals surface area contributed by atoms with Crippen molar-refractivity contribution in [3.63, 3.8) is 0 Å². The molecule has 0 aromatic rings. The maximum absolute atomic E-state index is 7.08. The molecule has 0 aliphatic carbocycles. The van der Waals surface area contributed by atoms with Gasteiger partial charge in [-0.15, -0.1) is 0 Å². The lowest BCUT2D eigenvalue weighted by molar-refractivity contribution is 0.530. The summed E-state index contributed by atoms with van der Waals surface area (Å²) in [5, 5.41) is 0. The summed E-state index contributed by atoms with van der Waals surface area (Å²) < 4.78 is 0. The van der Waals surface area contributed by atoms with Crippen molar-refractivity contribution in [2.45, 2.75) is 110 Å². The van der Waals surface area contributed by atoms with Crippen LogP contribution >= 0.6 is 0 Å². The Bertz CT molecular complexity index is 129. The summed E-state index contributed by atoms with van der Waals surface area (Å²) in [6.45, 7) is 2.91. The van der Waals surface area contributed by atoms with Crippen LogP contribution in [0.4, 0.5) is 0 Å². The highest BCUT2D eigenvalue weighted by molar-refractivity contribution is 4.49. The van der Waals surface area contributed by atoms with E-state index < -0.39 is 0 Å². The lowest BCUT2D eigenvalue weighted by Gasteiger charge is -2.03. The molecule has 115 valence electrons. The van der Waals surface area contributed by atoms with E-state index in [0.717, 1.165) is 6.42 Å². The zero-order valence-electron chi connectivity index (χ0n) is 13.5. The zero-order chi connectivity index (χ0) is 14.0. The molecular formula is C18H38N. The lowest BCUT2D eigenvalue weighted by atomic mass is 10.0. The van der Waals surface area contributed by atoms with E-state index in [2.05, 4.69) is 6.92 Å². The molecule has 0 aromatic heterocycles. The van der Waals surface area contributed by atoms with Gasteiger partial charge in [0.05, 0.1) is 0 Å². The molecule has 0 atom stereocenters. The van der Waals surface area contributed by atoms with Gasteiger partial charge < -0.3 is 0 Å². The van der Waals surface area contributed by atoms with E-state index in [-0.39, 0.29) is 0 Å². The summed E-state index contributed by atoms with van der Waals surface area (Å²) >= 11 is 0. The fourth-order valence-electron chi connectivity index (χ4n) is 2.67. The van der Waals surface area contributed by atoms with Crippen molar-refractivity contribution in [3.05, 3.63) is 0 Å². The van der Waals surface area contributed by atoms with Crippen LogP contribution < -0.4 is 5.73 Å². The third-order valence-electron chi connectivity index (χ3n) is 4.03. The highest BCUT2D eigenvalue weighted by Gasteiger charge is 1.94. The topological polar surface area (TPSA) is 23.8 Å². The van der Waals surface area contributed by atoms with Crippen molar-refractivity contribution in [3.8, 4) is 0 Å². The molecule has 0 amide bonds. The first-order chi connectivity index (χ1) is 9.41. The van der Waals surface area contributed by atoms with Crippen molar-refractivity contribution in [1.29, 1.82) is 0 Å². The van der Waals surface area contributed by atoms with Crippen molar-refractivity contribution < 1.29 is 0 Å². The monoisotopic (exact) mass is 268 g/mol. The van der Waals surface area contributed by atoms with Gasteiger partial charge in [0, 0.05) is 6.54 Å². The van der Waals surface area contributed by atoms with E-state index in [1.54, 1.807) is 0 Å². The predicted molar refractivity (Wildman–Crippen MR) is 87.5 cm³/mol. The molecule has 1 nitrogen and oxygen atoms in total. The van der Waals surface area contributed by atoms with E-state index in [9.17, 15) is 0 Å². The molecule has 0 bridgehead atoms. The van der Waals surface area contributed by atoms with Gasteiger partial charge in [-0.2, -0.15) is 0 Å². The van der Waals surface area contributed by atoms with Gasteiger partial charge in [0.25, 0.3) is 0 Å². The highest BCUT2D eigenvalue weighted by Crippen LogP contribution is 2.13. The largest absolute Gasteiger partial charge is 0.258 e. The molecule has 0 aliphatic heterocycles. The second-order valence-electron chi connectivity index (χ2n) is 6.05. The maximum atomic E-state index is 7.08. The van der Waals surface area contributed by atoms with Crippen LogP contribution in [-0.4, -0.2) is 6.54 Å². The minimum atomic E-state index is 0.623. The van der Waals surface area contributed by atoms with Crippen molar-refractivity contribution >= 4 is 0 Å². The van der Waals surface area contributed by atoms with E-state index in [1.165, 1.54) is 96.3 Å². The third kappa shape index (κ3) is 18.0. The Kier molecular flexibility index (Phi) is 17.9. The summed E-state index contributed by atoms with van der Waals surface area (Å²) in [6.07, 6.45) is 22.5. The van der Waals surface area contributed by atoms with Crippen LogP contribution in [0.2, 0.25) is 0 Å². The smallest absolute Gasteiger partial charge is 0.00997 e. The summed E-state index contributed by atoms with van der Waals surface area (Å²) in [7, 11) is 0. The molecule has 0 saturated heterocycles. The minimum Gasteiger partial charge on any atom is -0.258 e. The standard InChI is InChI=1S/C18H38N/c1-2-3-4-5-6-7-8-9-10-11-12-13-14-15-16-17-18-19/h19H,2-18H2,1H3. The first kappa shape index (κ1) is 19.0. The zero-order valence-corrected chi connectivity index (χ0v) is 13.5. The highest BCUT2D eigenvalue weighted by atomic mass is 14.5. The van der Waals surface area contributed by atoms with E-state index in [1.807, 2.05) is 0 Å². The summed E-state index contributed by atoms with van der Waals surface area (Å²) in [5.74, 6) is 0. The molecular weight excluding hydrogens is 230 g/mol. The van der Waals surface area contributed by atoms with Crippen molar-refractivity contribution in [2.24, 2.45) is 0 Å². The second-order valence-corrected chi connectivity index (χ2v) is 6.05. The number of hydrogen-bond acceptors (Lipinski definition) is 0. The van der Waals surface area contributed by atoms with Crippen molar-refractivity contribution in [1.82, 2.24) is 5.73 Å². The molecule has 0 fully saturated rings. The molecule has 0 spiro atoms. The van der Waals surface area contributed by atoms with Crippen LogP contribution in [0.1, 0.15) is 110 Å². The van der Waals surface area contributed by atoms with E-state index >= 15 is 0 Å². The van der Waals surface area contributed by atoms with Crippen LogP contribution in [0.5, 0.6) is 0 Å². The minimum absolute atomic E-state index is 0.623. The Balaban J connectivity index is 2.88. The molecule has 0 unspecified atom stereocenters. The number of rotatable bonds is 16. The number of unbranched alkanes of at least 4 members (excludes halogenated alkanes) is 15. The fraction of sp³-hybridized carbons (Fsp3) is 1.00. The van der Waals surface area contributed by atoms with Gasteiger partial charge in [-0.3, -0.25) is 5.73 Å². The molecule has 0 aliphatic rings. The SMILES string of the molecule is CCCCCCCCCCCCCCCCCC[NH]. The maximum Gasteiger partial charge on any atom is 0.00997 e. The van der Waals surface area contributed by atoms with Crippen LogP contribution in [0.15, 0.2) is 0 Å². The Morgan fingerprint density at radius 1 is 0.421 bits per heavy atom. The summed E-state index contributed by atoms with van der Waals surface area (Å²) in [6, 6.07) is 0.